The maximum absolute atomic E-state index is 12.2. The van der Waals surface area contributed by atoms with Crippen molar-refractivity contribution in [3.8, 4) is 0 Å². The van der Waals surface area contributed by atoms with Crippen LogP contribution in [0.4, 0.5) is 0 Å². The standard InChI is InChI=1S/C16H24N2OS/c1-16(2,3)13-7-5-12(6-8-13)9-18(4)15(19)14-10-20-11-17-14/h5-8,14,17H,9-11H2,1-4H3. The highest BCUT2D eigenvalue weighted by atomic mass is 32.2. The normalized spacial score (nSPS) is 19.1. The molecule has 110 valence electrons. The van der Waals surface area contributed by atoms with Gasteiger partial charge in [0.05, 0.1) is 6.04 Å². The Morgan fingerprint density at radius 2 is 2.00 bits per heavy atom. The molecule has 1 aliphatic heterocycles. The number of hydrogen-bond donors (Lipinski definition) is 1. The van der Waals surface area contributed by atoms with Gasteiger partial charge in [0.25, 0.3) is 0 Å². The highest BCUT2D eigenvalue weighted by Crippen LogP contribution is 2.22. The van der Waals surface area contributed by atoms with Gasteiger partial charge in [-0.05, 0) is 16.5 Å². The highest BCUT2D eigenvalue weighted by molar-refractivity contribution is 7.99. The maximum atomic E-state index is 12.2. The molecular weight excluding hydrogens is 268 g/mol. The lowest BCUT2D eigenvalue weighted by molar-refractivity contribution is -0.131. The van der Waals surface area contributed by atoms with E-state index in [0.717, 1.165) is 11.6 Å². The van der Waals surface area contributed by atoms with E-state index in [1.807, 2.05) is 11.9 Å². The molecule has 0 spiro atoms. The lowest BCUT2D eigenvalue weighted by Gasteiger charge is -2.22. The van der Waals surface area contributed by atoms with E-state index in [-0.39, 0.29) is 17.4 Å². The quantitative estimate of drug-likeness (QED) is 0.929. The Kier molecular flexibility index (Phi) is 4.76. The Morgan fingerprint density at radius 1 is 1.35 bits per heavy atom. The van der Waals surface area contributed by atoms with Crippen molar-refractivity contribution in [1.82, 2.24) is 10.2 Å². The Bertz CT molecular complexity index is 458. The summed E-state index contributed by atoms with van der Waals surface area (Å²) in [5.41, 5.74) is 2.68. The van der Waals surface area contributed by atoms with Gasteiger partial charge in [0.15, 0.2) is 0 Å². The fraction of sp³-hybridized carbons (Fsp3) is 0.562. The number of nitrogens with one attached hydrogen (secondary N) is 1. The molecule has 1 unspecified atom stereocenters. The SMILES string of the molecule is CN(Cc1ccc(C(C)(C)C)cc1)C(=O)C1CSCN1. The lowest BCUT2D eigenvalue weighted by Crippen LogP contribution is -2.42. The number of hydrogen-bond acceptors (Lipinski definition) is 3. The third-order valence-corrected chi connectivity index (χ3v) is 4.57. The summed E-state index contributed by atoms with van der Waals surface area (Å²) in [6.07, 6.45) is 0. The van der Waals surface area contributed by atoms with Gasteiger partial charge >= 0.3 is 0 Å². The first-order valence-corrected chi connectivity index (χ1v) is 8.19. The summed E-state index contributed by atoms with van der Waals surface area (Å²) < 4.78 is 0. The summed E-state index contributed by atoms with van der Waals surface area (Å²) in [5.74, 6) is 1.95. The van der Waals surface area contributed by atoms with Crippen LogP contribution in [0.5, 0.6) is 0 Å². The molecule has 20 heavy (non-hydrogen) atoms. The topological polar surface area (TPSA) is 32.3 Å². The van der Waals surface area contributed by atoms with Gasteiger partial charge < -0.3 is 4.90 Å². The molecule has 4 heteroatoms. The summed E-state index contributed by atoms with van der Waals surface area (Å²) in [5, 5.41) is 3.22. The molecule has 1 saturated heterocycles. The number of amides is 1. The third-order valence-electron chi connectivity index (χ3n) is 3.63. The number of carbonyl (C=O) groups is 1. The van der Waals surface area contributed by atoms with Gasteiger partial charge in [-0.15, -0.1) is 11.8 Å². The molecule has 1 aliphatic rings. The Hall–Kier alpha value is -1.00. The van der Waals surface area contributed by atoms with Gasteiger partial charge in [0, 0.05) is 25.2 Å². The molecule has 1 fully saturated rings. The molecule has 1 atom stereocenters. The second-order valence-corrected chi connectivity index (χ2v) is 7.44. The predicted molar refractivity (Wildman–Crippen MR) is 85.9 cm³/mol. The zero-order valence-electron chi connectivity index (χ0n) is 12.8. The van der Waals surface area contributed by atoms with E-state index in [1.54, 1.807) is 11.8 Å². The van der Waals surface area contributed by atoms with Crippen LogP contribution in [0.2, 0.25) is 0 Å². The molecule has 1 aromatic carbocycles. The Morgan fingerprint density at radius 3 is 2.50 bits per heavy atom. The van der Waals surface area contributed by atoms with E-state index in [1.165, 1.54) is 11.1 Å². The molecule has 0 saturated carbocycles. The van der Waals surface area contributed by atoms with Crippen LogP contribution in [0.3, 0.4) is 0 Å². The Labute approximate surface area is 126 Å². The number of thioether (sulfide) groups is 1. The third kappa shape index (κ3) is 3.76. The number of rotatable bonds is 3. The van der Waals surface area contributed by atoms with Gasteiger partial charge in [-0.1, -0.05) is 45.0 Å². The van der Waals surface area contributed by atoms with Gasteiger partial charge in [-0.25, -0.2) is 0 Å². The zero-order valence-corrected chi connectivity index (χ0v) is 13.6. The average Bonchev–Trinajstić information content (AvgIpc) is 2.91. The number of benzene rings is 1. The van der Waals surface area contributed by atoms with Gasteiger partial charge in [-0.3, -0.25) is 10.1 Å². The van der Waals surface area contributed by atoms with Crippen LogP contribution < -0.4 is 5.32 Å². The summed E-state index contributed by atoms with van der Waals surface area (Å²) in [7, 11) is 1.88. The summed E-state index contributed by atoms with van der Waals surface area (Å²) >= 11 is 1.78. The first kappa shape index (κ1) is 15.4. The van der Waals surface area contributed by atoms with E-state index < -0.39 is 0 Å². The van der Waals surface area contributed by atoms with Crippen molar-refractivity contribution >= 4 is 17.7 Å². The minimum absolute atomic E-state index is 0.0150. The highest BCUT2D eigenvalue weighted by Gasteiger charge is 2.25. The molecule has 1 heterocycles. The van der Waals surface area contributed by atoms with Crippen molar-refractivity contribution in [2.45, 2.75) is 38.8 Å². The number of nitrogens with zero attached hydrogens (tertiary/aromatic N) is 1. The first-order valence-electron chi connectivity index (χ1n) is 7.03. The van der Waals surface area contributed by atoms with Crippen molar-refractivity contribution < 1.29 is 4.79 Å². The van der Waals surface area contributed by atoms with Crippen LogP contribution >= 0.6 is 11.8 Å². The van der Waals surface area contributed by atoms with Crippen molar-refractivity contribution in [2.75, 3.05) is 18.7 Å². The minimum Gasteiger partial charge on any atom is -0.340 e. The van der Waals surface area contributed by atoms with Crippen molar-refractivity contribution in [3.63, 3.8) is 0 Å². The van der Waals surface area contributed by atoms with Crippen LogP contribution in [-0.4, -0.2) is 35.5 Å². The smallest absolute Gasteiger partial charge is 0.240 e. The van der Waals surface area contributed by atoms with Gasteiger partial charge in [0.1, 0.15) is 0 Å². The minimum atomic E-state index is -0.0150. The molecule has 3 nitrogen and oxygen atoms in total. The van der Waals surface area contributed by atoms with Crippen LogP contribution in [-0.2, 0) is 16.8 Å². The molecule has 2 rings (SSSR count). The van der Waals surface area contributed by atoms with E-state index in [2.05, 4.69) is 50.4 Å². The van der Waals surface area contributed by atoms with Crippen LogP contribution in [0.25, 0.3) is 0 Å². The predicted octanol–water partition coefficient (Wildman–Crippen LogP) is 2.61. The molecule has 1 aromatic rings. The molecule has 1 amide bonds. The molecule has 0 aromatic heterocycles. The maximum Gasteiger partial charge on any atom is 0.240 e. The molecular formula is C16H24N2OS. The lowest BCUT2D eigenvalue weighted by atomic mass is 9.87. The van der Waals surface area contributed by atoms with E-state index in [0.29, 0.717) is 6.54 Å². The van der Waals surface area contributed by atoms with Gasteiger partial charge in [0.2, 0.25) is 5.91 Å². The van der Waals surface area contributed by atoms with Crippen molar-refractivity contribution in [2.24, 2.45) is 0 Å². The second kappa shape index (κ2) is 6.19. The first-order chi connectivity index (χ1) is 9.38. The molecule has 0 aliphatic carbocycles. The summed E-state index contributed by atoms with van der Waals surface area (Å²) in [4.78, 5) is 14.0. The second-order valence-electron chi connectivity index (χ2n) is 6.41. The molecule has 0 bridgehead atoms. The van der Waals surface area contributed by atoms with Crippen molar-refractivity contribution in [3.05, 3.63) is 35.4 Å². The van der Waals surface area contributed by atoms with E-state index in [9.17, 15) is 4.79 Å². The van der Waals surface area contributed by atoms with Gasteiger partial charge in [-0.2, -0.15) is 0 Å². The van der Waals surface area contributed by atoms with Crippen LogP contribution in [0.15, 0.2) is 24.3 Å². The summed E-state index contributed by atoms with van der Waals surface area (Å²) in [6.45, 7) is 7.30. The fourth-order valence-corrected chi connectivity index (χ4v) is 3.21. The van der Waals surface area contributed by atoms with E-state index in [4.69, 9.17) is 0 Å². The average molecular weight is 292 g/mol. The zero-order chi connectivity index (χ0) is 14.8. The largest absolute Gasteiger partial charge is 0.340 e. The number of carbonyl (C=O) groups excluding carboxylic acids is 1. The Balaban J connectivity index is 1.97. The monoisotopic (exact) mass is 292 g/mol. The molecule has 1 N–H and O–H groups in total. The van der Waals surface area contributed by atoms with Crippen molar-refractivity contribution in [1.29, 1.82) is 0 Å². The molecule has 0 radical (unpaired) electrons. The number of likely N-dealkylation sites (N-methyl/N-ethyl adjacent to an activating group) is 1. The van der Waals surface area contributed by atoms with E-state index >= 15 is 0 Å². The van der Waals surface area contributed by atoms with Crippen LogP contribution in [0.1, 0.15) is 31.9 Å². The van der Waals surface area contributed by atoms with Crippen LogP contribution in [0, 0.1) is 0 Å². The summed E-state index contributed by atoms with van der Waals surface area (Å²) in [6, 6.07) is 8.57. The fourth-order valence-electron chi connectivity index (χ4n) is 2.28.